The molecule has 7 rings (SSSR count). The average molecular weight is 705 g/mol. The molecule has 5 atom stereocenters. The molecule has 5 N–H and O–H groups in total. The van der Waals surface area contributed by atoms with E-state index in [1.165, 1.54) is 15.3 Å². The molecule has 1 saturated heterocycles. The summed E-state index contributed by atoms with van der Waals surface area (Å²) in [5.74, 6) is -0.211. The summed E-state index contributed by atoms with van der Waals surface area (Å²) in [6.07, 6.45) is -4.56. The van der Waals surface area contributed by atoms with Gasteiger partial charge in [0, 0.05) is 5.02 Å². The normalized spacial score (nSPS) is 20.7. The summed E-state index contributed by atoms with van der Waals surface area (Å²) < 4.78 is 8.61. The number of nitrogens with zero attached hydrogens (tertiary/aromatic N) is 2. The van der Waals surface area contributed by atoms with Crippen LogP contribution in [-0.4, -0.2) is 65.7 Å². The van der Waals surface area contributed by atoms with Gasteiger partial charge in [0.1, 0.15) is 36.1 Å². The van der Waals surface area contributed by atoms with Gasteiger partial charge in [-0.15, -0.1) is 0 Å². The fraction of sp³-hybridized carbons (Fsp3) is 0.195. The maximum atomic E-state index is 14.5. The highest BCUT2D eigenvalue weighted by molar-refractivity contribution is 6.31. The van der Waals surface area contributed by atoms with E-state index in [9.17, 15) is 30.3 Å². The molecule has 0 radical (unpaired) electrons. The van der Waals surface area contributed by atoms with Gasteiger partial charge in [0.05, 0.1) is 18.5 Å². The van der Waals surface area contributed by atoms with Crippen LogP contribution in [0.2, 0.25) is 5.02 Å². The number of hydrogen-bond acceptors (Lipinski definition) is 7. The summed E-state index contributed by atoms with van der Waals surface area (Å²) >= 11 is 6.58. The highest BCUT2D eigenvalue weighted by Gasteiger charge is 2.44. The van der Waals surface area contributed by atoms with Crippen molar-refractivity contribution >= 4 is 11.6 Å². The zero-order chi connectivity index (χ0) is 35.7. The van der Waals surface area contributed by atoms with E-state index in [2.05, 4.69) is 0 Å². The third kappa shape index (κ3) is 6.18. The number of rotatable bonds is 9. The van der Waals surface area contributed by atoms with E-state index in [1.54, 1.807) is 30.3 Å². The van der Waals surface area contributed by atoms with Crippen molar-refractivity contribution < 1.29 is 30.3 Å². The van der Waals surface area contributed by atoms with Gasteiger partial charge in [-0.1, -0.05) is 127 Å². The van der Waals surface area contributed by atoms with Crippen LogP contribution in [0.5, 0.6) is 5.88 Å². The highest BCUT2D eigenvalue weighted by Crippen LogP contribution is 2.42. The van der Waals surface area contributed by atoms with Crippen molar-refractivity contribution in [1.29, 1.82) is 0 Å². The SMILES string of the molecule is O=c1n(-c2ccc(Cc3cc(C4OC(CO)C(O)C(O)C4O)ccc3Cl)cc2)cc(O)n1C(c1ccccc1)(c1ccccc1)c1ccccc1. The Morgan fingerprint density at radius 2 is 1.25 bits per heavy atom. The Labute approximate surface area is 299 Å². The third-order valence-corrected chi connectivity index (χ3v) is 10.0. The summed E-state index contributed by atoms with van der Waals surface area (Å²) in [5.41, 5.74) is 3.44. The standard InChI is InChI=1S/C41H37ClN2O7/c42-33-21-18-27(39-38(49)37(48)36(47)34(25-45)51-39)23-28(33)22-26-16-19-32(20-17-26)43-24-35(46)44(40(43)50)41(29-10-4-1-5-11-29,30-12-6-2-7-13-30)31-14-8-3-9-15-31/h1-21,23-24,34,36-39,45-49H,22,25H2. The molecule has 1 aliphatic heterocycles. The summed E-state index contributed by atoms with van der Waals surface area (Å²) in [4.78, 5) is 14.5. The summed E-state index contributed by atoms with van der Waals surface area (Å²) in [5, 5.41) is 52.9. The van der Waals surface area contributed by atoms with Gasteiger partial charge < -0.3 is 30.3 Å². The largest absolute Gasteiger partial charge is 0.493 e. The quantitative estimate of drug-likeness (QED) is 0.135. The fourth-order valence-corrected chi connectivity index (χ4v) is 7.32. The van der Waals surface area contributed by atoms with Gasteiger partial charge in [-0.25, -0.2) is 9.36 Å². The lowest BCUT2D eigenvalue weighted by atomic mass is 9.76. The number of aliphatic hydroxyl groups excluding tert-OH is 4. The zero-order valence-corrected chi connectivity index (χ0v) is 28.2. The van der Waals surface area contributed by atoms with E-state index in [4.69, 9.17) is 16.3 Å². The second kappa shape index (κ2) is 14.3. The van der Waals surface area contributed by atoms with Crippen LogP contribution in [0.1, 0.15) is 39.5 Å². The van der Waals surface area contributed by atoms with E-state index in [0.29, 0.717) is 22.7 Å². The Morgan fingerprint density at radius 3 is 1.78 bits per heavy atom. The van der Waals surface area contributed by atoms with Crippen LogP contribution in [0.3, 0.4) is 0 Å². The molecule has 1 aromatic heterocycles. The van der Waals surface area contributed by atoms with E-state index < -0.39 is 48.4 Å². The lowest BCUT2D eigenvalue weighted by Gasteiger charge is -2.40. The molecule has 0 bridgehead atoms. The molecule has 5 unspecified atom stereocenters. The molecule has 0 aliphatic carbocycles. The topological polar surface area (TPSA) is 137 Å². The van der Waals surface area contributed by atoms with Crippen LogP contribution in [0.15, 0.2) is 144 Å². The fourth-order valence-electron chi connectivity index (χ4n) is 7.14. The molecule has 51 heavy (non-hydrogen) atoms. The second-order valence-electron chi connectivity index (χ2n) is 12.7. The Bertz CT molecular complexity index is 2060. The molecule has 6 aromatic rings. The van der Waals surface area contributed by atoms with Gasteiger partial charge in [0.25, 0.3) is 0 Å². The maximum Gasteiger partial charge on any atom is 0.337 e. The van der Waals surface area contributed by atoms with Crippen molar-refractivity contribution in [3.05, 3.63) is 189 Å². The predicted octanol–water partition coefficient (Wildman–Crippen LogP) is 4.94. The second-order valence-corrected chi connectivity index (χ2v) is 13.1. The molecule has 5 aromatic carbocycles. The minimum absolute atomic E-state index is 0.211. The molecular weight excluding hydrogens is 668 g/mol. The van der Waals surface area contributed by atoms with Crippen molar-refractivity contribution in [3.63, 3.8) is 0 Å². The number of imidazole rings is 1. The number of aromatic nitrogens is 2. The van der Waals surface area contributed by atoms with E-state index in [-0.39, 0.29) is 5.88 Å². The molecule has 0 amide bonds. The first-order valence-corrected chi connectivity index (χ1v) is 17.0. The lowest BCUT2D eigenvalue weighted by Crippen LogP contribution is -2.55. The molecule has 0 spiro atoms. The lowest BCUT2D eigenvalue weighted by molar-refractivity contribution is -0.231. The number of aliphatic hydroxyl groups is 4. The van der Waals surface area contributed by atoms with Crippen molar-refractivity contribution in [2.75, 3.05) is 6.61 Å². The summed E-state index contributed by atoms with van der Waals surface area (Å²) in [6, 6.07) is 41.4. The minimum Gasteiger partial charge on any atom is -0.493 e. The molecule has 1 aliphatic rings. The van der Waals surface area contributed by atoms with Crippen LogP contribution in [-0.2, 0) is 16.7 Å². The van der Waals surface area contributed by atoms with Crippen LogP contribution in [0, 0.1) is 0 Å². The smallest absolute Gasteiger partial charge is 0.337 e. The van der Waals surface area contributed by atoms with Crippen LogP contribution >= 0.6 is 11.6 Å². The van der Waals surface area contributed by atoms with Gasteiger partial charge >= 0.3 is 5.69 Å². The first-order valence-electron chi connectivity index (χ1n) is 16.6. The molecule has 1 fully saturated rings. The number of aromatic hydroxyl groups is 1. The molecule has 2 heterocycles. The zero-order valence-electron chi connectivity index (χ0n) is 27.4. The Kier molecular flexibility index (Phi) is 9.67. The number of halogens is 1. The van der Waals surface area contributed by atoms with Crippen LogP contribution < -0.4 is 5.69 Å². The van der Waals surface area contributed by atoms with Crippen LogP contribution in [0.4, 0.5) is 0 Å². The molecule has 9 nitrogen and oxygen atoms in total. The van der Waals surface area contributed by atoms with E-state index in [0.717, 1.165) is 27.8 Å². The van der Waals surface area contributed by atoms with Crippen LogP contribution in [0.25, 0.3) is 5.69 Å². The van der Waals surface area contributed by atoms with Crippen molar-refractivity contribution in [3.8, 4) is 11.6 Å². The number of benzene rings is 5. The monoisotopic (exact) mass is 704 g/mol. The van der Waals surface area contributed by atoms with Gasteiger partial charge in [-0.2, -0.15) is 0 Å². The predicted molar refractivity (Wildman–Crippen MR) is 193 cm³/mol. The third-order valence-electron chi connectivity index (χ3n) is 9.68. The summed E-state index contributed by atoms with van der Waals surface area (Å²) in [7, 11) is 0. The molecule has 10 heteroatoms. The summed E-state index contributed by atoms with van der Waals surface area (Å²) in [6.45, 7) is -0.524. The van der Waals surface area contributed by atoms with Gasteiger partial charge in [0.2, 0.25) is 5.88 Å². The van der Waals surface area contributed by atoms with Gasteiger partial charge in [0.15, 0.2) is 0 Å². The Morgan fingerprint density at radius 1 is 0.706 bits per heavy atom. The number of hydrogen-bond donors (Lipinski definition) is 5. The van der Waals surface area contributed by atoms with Crippen molar-refractivity contribution in [1.82, 2.24) is 9.13 Å². The molecule has 260 valence electrons. The van der Waals surface area contributed by atoms with Crippen molar-refractivity contribution in [2.45, 2.75) is 42.5 Å². The van der Waals surface area contributed by atoms with Gasteiger partial charge in [-0.05, 0) is 58.0 Å². The number of ether oxygens (including phenoxy) is 1. The maximum absolute atomic E-state index is 14.5. The first-order chi connectivity index (χ1) is 24.7. The Balaban J connectivity index is 1.25. The van der Waals surface area contributed by atoms with Crippen molar-refractivity contribution in [2.24, 2.45) is 0 Å². The van der Waals surface area contributed by atoms with E-state index >= 15 is 0 Å². The first kappa shape index (κ1) is 34.4. The molecule has 0 saturated carbocycles. The van der Waals surface area contributed by atoms with E-state index in [1.807, 2.05) is 103 Å². The Hall–Kier alpha value is -5.00. The van der Waals surface area contributed by atoms with Gasteiger partial charge in [-0.3, -0.25) is 4.57 Å². The average Bonchev–Trinajstić information content (AvgIpc) is 3.47. The highest BCUT2D eigenvalue weighted by atomic mass is 35.5. The molecular formula is C41H37ClN2O7. The minimum atomic E-state index is -1.50.